The minimum absolute atomic E-state index is 0.127. The molecular formula is C28H24FIN2O5. The molecule has 9 heteroatoms. The van der Waals surface area contributed by atoms with Gasteiger partial charge in [-0.2, -0.15) is 0 Å². The van der Waals surface area contributed by atoms with Crippen LogP contribution in [-0.2, 0) is 16.2 Å². The molecule has 3 aromatic rings. The van der Waals surface area contributed by atoms with Crippen LogP contribution in [0.1, 0.15) is 29.2 Å². The van der Waals surface area contributed by atoms with Gasteiger partial charge in [0.15, 0.2) is 11.5 Å². The number of anilines is 1. The molecule has 190 valence electrons. The van der Waals surface area contributed by atoms with Gasteiger partial charge in [0.1, 0.15) is 18.0 Å². The first-order valence-corrected chi connectivity index (χ1v) is 12.6. The molecule has 0 bridgehead atoms. The number of benzene rings is 3. The summed E-state index contributed by atoms with van der Waals surface area (Å²) in [6.07, 6.45) is 1.42. The quantitative estimate of drug-likeness (QED) is 0.210. The lowest BCUT2D eigenvalue weighted by Gasteiger charge is -2.27. The van der Waals surface area contributed by atoms with E-state index in [1.165, 1.54) is 18.2 Å². The number of carbonyl (C=O) groups is 3. The third kappa shape index (κ3) is 5.99. The van der Waals surface area contributed by atoms with Crippen molar-refractivity contribution in [2.75, 3.05) is 11.5 Å². The molecule has 3 aromatic carbocycles. The van der Waals surface area contributed by atoms with Crippen LogP contribution in [0.15, 0.2) is 60.2 Å². The van der Waals surface area contributed by atoms with Crippen molar-refractivity contribution in [2.45, 2.75) is 27.4 Å². The molecule has 0 atom stereocenters. The van der Waals surface area contributed by atoms with E-state index < -0.39 is 17.8 Å². The Kier molecular flexibility index (Phi) is 7.91. The highest BCUT2D eigenvalue weighted by Gasteiger charge is 2.37. The summed E-state index contributed by atoms with van der Waals surface area (Å²) in [6.45, 7) is 6.02. The van der Waals surface area contributed by atoms with Crippen LogP contribution >= 0.6 is 22.6 Å². The molecule has 0 radical (unpaired) electrons. The van der Waals surface area contributed by atoms with Crippen molar-refractivity contribution in [3.8, 4) is 11.5 Å². The SMILES string of the molecule is CCOc1cc(/C=C2\C(=O)NC(=O)N(c3cc(C)cc(C)c3)C2=O)cc(I)c1OCc1cccc(F)c1. The van der Waals surface area contributed by atoms with Crippen LogP contribution in [0.5, 0.6) is 11.5 Å². The number of halogens is 2. The van der Waals surface area contributed by atoms with Crippen LogP contribution in [0, 0.1) is 23.2 Å². The molecule has 7 nitrogen and oxygen atoms in total. The topological polar surface area (TPSA) is 84.9 Å². The molecule has 1 N–H and O–H groups in total. The number of nitrogens with one attached hydrogen (secondary N) is 1. The van der Waals surface area contributed by atoms with Gasteiger partial charge in [0.05, 0.1) is 15.9 Å². The van der Waals surface area contributed by atoms with E-state index in [2.05, 4.69) is 27.9 Å². The molecule has 0 unspecified atom stereocenters. The summed E-state index contributed by atoms with van der Waals surface area (Å²) >= 11 is 2.07. The molecule has 1 heterocycles. The highest BCUT2D eigenvalue weighted by atomic mass is 127. The molecule has 1 aliphatic rings. The van der Waals surface area contributed by atoms with Gasteiger partial charge in [-0.05, 0) is 108 Å². The van der Waals surface area contributed by atoms with Crippen LogP contribution in [0.3, 0.4) is 0 Å². The fourth-order valence-electron chi connectivity index (χ4n) is 3.99. The van der Waals surface area contributed by atoms with E-state index in [0.717, 1.165) is 16.0 Å². The van der Waals surface area contributed by atoms with Gasteiger partial charge < -0.3 is 9.47 Å². The number of aryl methyl sites for hydroxylation is 2. The maximum Gasteiger partial charge on any atom is 0.335 e. The first-order chi connectivity index (χ1) is 17.7. The first-order valence-electron chi connectivity index (χ1n) is 11.5. The van der Waals surface area contributed by atoms with Crippen LogP contribution in [0.2, 0.25) is 0 Å². The summed E-state index contributed by atoms with van der Waals surface area (Å²) in [7, 11) is 0. The Labute approximate surface area is 227 Å². The smallest absolute Gasteiger partial charge is 0.335 e. The average Bonchev–Trinajstić information content (AvgIpc) is 2.81. The number of rotatable bonds is 7. The Morgan fingerprint density at radius 1 is 1.00 bits per heavy atom. The van der Waals surface area contributed by atoms with E-state index in [9.17, 15) is 18.8 Å². The van der Waals surface area contributed by atoms with Gasteiger partial charge in [-0.1, -0.05) is 18.2 Å². The number of amides is 4. The number of ether oxygens (including phenoxy) is 2. The lowest BCUT2D eigenvalue weighted by Crippen LogP contribution is -2.54. The molecule has 0 spiro atoms. The third-order valence-corrected chi connectivity index (χ3v) is 6.28. The molecule has 1 saturated heterocycles. The van der Waals surface area contributed by atoms with Crippen LogP contribution in [0.25, 0.3) is 6.08 Å². The average molecular weight is 614 g/mol. The van der Waals surface area contributed by atoms with Crippen molar-refractivity contribution in [1.29, 1.82) is 0 Å². The van der Waals surface area contributed by atoms with E-state index in [1.54, 1.807) is 36.4 Å². The van der Waals surface area contributed by atoms with Gasteiger partial charge in [0.2, 0.25) is 0 Å². The minimum Gasteiger partial charge on any atom is -0.490 e. The van der Waals surface area contributed by atoms with Crippen molar-refractivity contribution in [3.05, 3.63) is 91.8 Å². The van der Waals surface area contributed by atoms with Gasteiger partial charge in [-0.3, -0.25) is 14.9 Å². The van der Waals surface area contributed by atoms with E-state index in [1.807, 2.05) is 26.8 Å². The molecular weight excluding hydrogens is 590 g/mol. The largest absolute Gasteiger partial charge is 0.490 e. The summed E-state index contributed by atoms with van der Waals surface area (Å²) in [5.74, 6) is -0.997. The van der Waals surface area contributed by atoms with E-state index in [0.29, 0.717) is 38.5 Å². The number of hydrogen-bond acceptors (Lipinski definition) is 5. The molecule has 0 saturated carbocycles. The standard InChI is InChI=1S/C28H24FIN2O5/c1-4-36-24-14-19(13-23(30)25(24)37-15-18-6-5-7-20(29)11-18)12-22-26(33)31-28(35)32(27(22)34)21-9-16(2)8-17(3)10-21/h5-14H,4,15H2,1-3H3,(H,31,33,35)/b22-12+. The minimum atomic E-state index is -0.803. The number of barbiturate groups is 1. The Morgan fingerprint density at radius 2 is 1.73 bits per heavy atom. The van der Waals surface area contributed by atoms with Crippen molar-refractivity contribution in [3.63, 3.8) is 0 Å². The van der Waals surface area contributed by atoms with Crippen molar-refractivity contribution in [1.82, 2.24) is 5.32 Å². The molecule has 0 aliphatic carbocycles. The zero-order chi connectivity index (χ0) is 26.7. The predicted molar refractivity (Wildman–Crippen MR) is 146 cm³/mol. The Balaban J connectivity index is 1.67. The summed E-state index contributed by atoms with van der Waals surface area (Å²) in [4.78, 5) is 39.5. The molecule has 4 amide bonds. The number of imide groups is 2. The Hall–Kier alpha value is -3.73. The zero-order valence-electron chi connectivity index (χ0n) is 20.4. The molecule has 1 fully saturated rings. The second kappa shape index (κ2) is 11.1. The normalized spacial score (nSPS) is 14.7. The van der Waals surface area contributed by atoms with E-state index >= 15 is 0 Å². The Morgan fingerprint density at radius 3 is 2.41 bits per heavy atom. The van der Waals surface area contributed by atoms with Gasteiger partial charge in [0, 0.05) is 0 Å². The van der Waals surface area contributed by atoms with Crippen molar-refractivity contribution in [2.24, 2.45) is 0 Å². The van der Waals surface area contributed by atoms with Gasteiger partial charge in [-0.15, -0.1) is 0 Å². The summed E-state index contributed by atoms with van der Waals surface area (Å²) < 4.78 is 25.9. The van der Waals surface area contributed by atoms with Crippen molar-refractivity contribution >= 4 is 52.2 Å². The highest BCUT2D eigenvalue weighted by molar-refractivity contribution is 14.1. The van der Waals surface area contributed by atoms with Crippen LogP contribution in [-0.4, -0.2) is 24.5 Å². The first kappa shape index (κ1) is 26.3. The molecule has 1 aliphatic heterocycles. The van der Waals surface area contributed by atoms with E-state index in [-0.39, 0.29) is 18.0 Å². The second-order valence-corrected chi connectivity index (χ2v) is 9.65. The molecule has 0 aromatic heterocycles. The third-order valence-electron chi connectivity index (χ3n) is 5.48. The lowest BCUT2D eigenvalue weighted by molar-refractivity contribution is -0.122. The van der Waals surface area contributed by atoms with Gasteiger partial charge >= 0.3 is 6.03 Å². The number of hydrogen-bond donors (Lipinski definition) is 1. The monoisotopic (exact) mass is 614 g/mol. The predicted octanol–water partition coefficient (Wildman–Crippen LogP) is 5.69. The van der Waals surface area contributed by atoms with Crippen LogP contribution < -0.4 is 19.7 Å². The van der Waals surface area contributed by atoms with Gasteiger partial charge in [-0.25, -0.2) is 14.1 Å². The fourth-order valence-corrected chi connectivity index (χ4v) is 4.78. The lowest BCUT2D eigenvalue weighted by atomic mass is 10.0. The Bertz CT molecular complexity index is 1420. The zero-order valence-corrected chi connectivity index (χ0v) is 22.6. The summed E-state index contributed by atoms with van der Waals surface area (Å²) in [6, 6.07) is 14.0. The highest BCUT2D eigenvalue weighted by Crippen LogP contribution is 2.36. The maximum absolute atomic E-state index is 13.5. The van der Waals surface area contributed by atoms with Crippen molar-refractivity contribution < 1.29 is 28.2 Å². The molecule has 37 heavy (non-hydrogen) atoms. The van der Waals surface area contributed by atoms with Gasteiger partial charge in [0.25, 0.3) is 11.8 Å². The number of nitrogens with zero attached hydrogens (tertiary/aromatic N) is 1. The fraction of sp³-hybridized carbons (Fsp3) is 0.179. The number of urea groups is 1. The second-order valence-electron chi connectivity index (χ2n) is 8.49. The van der Waals surface area contributed by atoms with E-state index in [4.69, 9.17) is 9.47 Å². The molecule has 4 rings (SSSR count). The number of carbonyl (C=O) groups excluding carboxylic acids is 3. The summed E-state index contributed by atoms with van der Waals surface area (Å²) in [5, 5.41) is 2.25. The summed E-state index contributed by atoms with van der Waals surface area (Å²) in [5.41, 5.74) is 3.12. The van der Waals surface area contributed by atoms with Crippen LogP contribution in [0.4, 0.5) is 14.9 Å². The maximum atomic E-state index is 13.5.